The fourth-order valence-electron chi connectivity index (χ4n) is 2.56. The van der Waals surface area contributed by atoms with Gasteiger partial charge in [-0.15, -0.1) is 11.3 Å². The molecule has 3 aromatic rings. The van der Waals surface area contributed by atoms with Gasteiger partial charge in [0.1, 0.15) is 18.2 Å². The Kier molecular flexibility index (Phi) is 6.55. The van der Waals surface area contributed by atoms with Crippen LogP contribution in [0.5, 0.6) is 5.75 Å². The molecule has 0 unspecified atom stereocenters. The summed E-state index contributed by atoms with van der Waals surface area (Å²) in [7, 11) is 1.65. The highest BCUT2D eigenvalue weighted by molar-refractivity contribution is 7.09. The summed E-state index contributed by atoms with van der Waals surface area (Å²) < 4.78 is 19.4. The first-order chi connectivity index (χ1) is 13.5. The number of carbonyl (C=O) groups excluding carboxylic acids is 1. The molecule has 144 valence electrons. The highest BCUT2D eigenvalue weighted by atomic mass is 32.1. The first-order valence-corrected chi connectivity index (χ1v) is 9.69. The molecule has 0 saturated heterocycles. The van der Waals surface area contributed by atoms with E-state index in [4.69, 9.17) is 4.74 Å². The number of thiazole rings is 1. The van der Waals surface area contributed by atoms with E-state index < -0.39 is 0 Å². The molecular formula is C22H21FN2O2S. The van der Waals surface area contributed by atoms with Gasteiger partial charge in [0.25, 0.3) is 0 Å². The van der Waals surface area contributed by atoms with Crippen LogP contribution in [0.3, 0.4) is 0 Å². The number of ether oxygens (including phenoxy) is 1. The van der Waals surface area contributed by atoms with Crippen molar-refractivity contribution in [1.82, 2.24) is 9.88 Å². The van der Waals surface area contributed by atoms with Gasteiger partial charge >= 0.3 is 0 Å². The molecule has 6 heteroatoms. The Hall–Kier alpha value is -2.99. The molecule has 3 rings (SSSR count). The summed E-state index contributed by atoms with van der Waals surface area (Å²) in [6, 6.07) is 13.9. The largest absolute Gasteiger partial charge is 0.487 e. The summed E-state index contributed by atoms with van der Waals surface area (Å²) in [6.45, 7) is 2.61. The summed E-state index contributed by atoms with van der Waals surface area (Å²) in [5.41, 5.74) is 2.28. The summed E-state index contributed by atoms with van der Waals surface area (Å²) in [6.07, 6.45) is 3.21. The zero-order chi connectivity index (χ0) is 19.9. The minimum Gasteiger partial charge on any atom is -0.487 e. The van der Waals surface area contributed by atoms with Crippen LogP contribution in [0, 0.1) is 12.7 Å². The van der Waals surface area contributed by atoms with E-state index in [1.165, 1.54) is 17.0 Å². The third-order valence-corrected chi connectivity index (χ3v) is 4.92. The predicted molar refractivity (Wildman–Crippen MR) is 110 cm³/mol. The van der Waals surface area contributed by atoms with Crippen molar-refractivity contribution < 1.29 is 13.9 Å². The monoisotopic (exact) mass is 396 g/mol. The summed E-state index contributed by atoms with van der Waals surface area (Å²) in [5, 5.41) is 3.00. The summed E-state index contributed by atoms with van der Waals surface area (Å²) in [5.74, 6) is 0.239. The highest BCUT2D eigenvalue weighted by Gasteiger charge is 2.08. The molecule has 1 heterocycles. The van der Waals surface area contributed by atoms with Crippen molar-refractivity contribution in [3.63, 3.8) is 0 Å². The molecule has 0 radical (unpaired) electrons. The van der Waals surface area contributed by atoms with E-state index in [9.17, 15) is 9.18 Å². The summed E-state index contributed by atoms with van der Waals surface area (Å²) in [4.78, 5) is 18.1. The highest BCUT2D eigenvalue weighted by Crippen LogP contribution is 2.16. The molecule has 1 aromatic heterocycles. The Bertz CT molecular complexity index is 967. The first kappa shape index (κ1) is 19.8. The molecular weight excluding hydrogens is 375 g/mol. The van der Waals surface area contributed by atoms with Gasteiger partial charge in [0.05, 0.1) is 10.7 Å². The lowest BCUT2D eigenvalue weighted by molar-refractivity contribution is -0.125. The van der Waals surface area contributed by atoms with Crippen LogP contribution in [-0.2, 0) is 17.9 Å². The number of rotatable bonds is 7. The zero-order valence-corrected chi connectivity index (χ0v) is 16.6. The smallest absolute Gasteiger partial charge is 0.246 e. The Balaban J connectivity index is 1.53. The maximum atomic E-state index is 13.7. The van der Waals surface area contributed by atoms with E-state index in [-0.39, 0.29) is 18.3 Å². The molecule has 0 aliphatic carbocycles. The molecule has 28 heavy (non-hydrogen) atoms. The van der Waals surface area contributed by atoms with Crippen molar-refractivity contribution >= 4 is 23.3 Å². The molecule has 2 aromatic carbocycles. The number of aromatic nitrogens is 1. The number of amides is 1. The number of carbonyl (C=O) groups is 1. The van der Waals surface area contributed by atoms with Gasteiger partial charge in [-0.25, -0.2) is 9.37 Å². The third-order valence-electron chi connectivity index (χ3n) is 4.09. The maximum Gasteiger partial charge on any atom is 0.246 e. The van der Waals surface area contributed by atoms with Crippen LogP contribution in [-0.4, -0.2) is 22.8 Å². The van der Waals surface area contributed by atoms with E-state index in [1.807, 2.05) is 36.6 Å². The van der Waals surface area contributed by atoms with E-state index in [1.54, 1.807) is 42.7 Å². The average Bonchev–Trinajstić information content (AvgIpc) is 3.12. The second-order valence-electron chi connectivity index (χ2n) is 6.33. The van der Waals surface area contributed by atoms with E-state index >= 15 is 0 Å². The fourth-order valence-corrected chi connectivity index (χ4v) is 3.16. The number of nitrogens with zero attached hydrogens (tertiary/aromatic N) is 2. The van der Waals surface area contributed by atoms with Gasteiger partial charge in [0, 0.05) is 30.6 Å². The van der Waals surface area contributed by atoms with Crippen LogP contribution in [0.15, 0.2) is 60.0 Å². The van der Waals surface area contributed by atoms with Crippen LogP contribution in [0.1, 0.15) is 21.8 Å². The molecule has 0 saturated carbocycles. The third kappa shape index (κ3) is 5.50. The Morgan fingerprint density at radius 1 is 1.21 bits per heavy atom. The second-order valence-corrected chi connectivity index (χ2v) is 7.40. The number of halogens is 1. The Morgan fingerprint density at radius 3 is 2.64 bits per heavy atom. The van der Waals surface area contributed by atoms with Crippen LogP contribution < -0.4 is 4.74 Å². The molecule has 0 fully saturated rings. The SMILES string of the molecule is Cc1nc(COc2ccc(/C=C/C(=O)N(C)Cc3ccccc3F)cc2)cs1. The van der Waals surface area contributed by atoms with Crippen LogP contribution in [0.25, 0.3) is 6.08 Å². The standard InChI is InChI=1S/C22H21FN2O2S/c1-16-24-19(15-28-16)14-27-20-10-7-17(8-11-20)9-12-22(26)25(2)13-18-5-3-4-6-21(18)23/h3-12,15H,13-14H2,1-2H3/b12-9+. The molecule has 4 nitrogen and oxygen atoms in total. The Morgan fingerprint density at radius 2 is 1.96 bits per heavy atom. The molecule has 0 aliphatic heterocycles. The predicted octanol–water partition coefficient (Wildman–Crippen LogP) is 4.84. The molecule has 0 aliphatic rings. The Labute approximate surface area is 167 Å². The molecule has 0 atom stereocenters. The van der Waals surface area contributed by atoms with Gasteiger partial charge in [-0.1, -0.05) is 30.3 Å². The van der Waals surface area contributed by atoms with Gasteiger partial charge in [-0.3, -0.25) is 4.79 Å². The first-order valence-electron chi connectivity index (χ1n) is 8.82. The molecule has 0 N–H and O–H groups in total. The van der Waals surface area contributed by atoms with Crippen LogP contribution >= 0.6 is 11.3 Å². The van der Waals surface area contributed by atoms with Gasteiger partial charge in [0.15, 0.2) is 0 Å². The van der Waals surface area contributed by atoms with Crippen LogP contribution in [0.4, 0.5) is 4.39 Å². The van der Waals surface area contributed by atoms with Gasteiger partial charge in [0.2, 0.25) is 5.91 Å². The van der Waals surface area contributed by atoms with Crippen molar-refractivity contribution in [3.8, 4) is 5.75 Å². The number of hydrogen-bond donors (Lipinski definition) is 0. The van der Waals surface area contributed by atoms with Crippen molar-refractivity contribution in [2.24, 2.45) is 0 Å². The lowest BCUT2D eigenvalue weighted by Gasteiger charge is -2.15. The lowest BCUT2D eigenvalue weighted by Crippen LogP contribution is -2.24. The quantitative estimate of drug-likeness (QED) is 0.537. The van der Waals surface area contributed by atoms with Crippen molar-refractivity contribution in [2.75, 3.05) is 7.05 Å². The zero-order valence-electron chi connectivity index (χ0n) is 15.8. The number of hydrogen-bond acceptors (Lipinski definition) is 4. The topological polar surface area (TPSA) is 42.4 Å². The van der Waals surface area contributed by atoms with E-state index in [0.29, 0.717) is 12.2 Å². The average molecular weight is 396 g/mol. The van der Waals surface area contributed by atoms with Gasteiger partial charge in [-0.05, 0) is 36.8 Å². The maximum absolute atomic E-state index is 13.7. The minimum absolute atomic E-state index is 0.192. The molecule has 0 spiro atoms. The lowest BCUT2D eigenvalue weighted by atomic mass is 10.2. The van der Waals surface area contributed by atoms with E-state index in [0.717, 1.165) is 22.0 Å². The van der Waals surface area contributed by atoms with Gasteiger partial charge in [-0.2, -0.15) is 0 Å². The minimum atomic E-state index is -0.311. The normalized spacial score (nSPS) is 11.0. The molecule has 0 bridgehead atoms. The fraction of sp³-hybridized carbons (Fsp3) is 0.182. The van der Waals surface area contributed by atoms with Gasteiger partial charge < -0.3 is 9.64 Å². The number of benzene rings is 2. The summed E-state index contributed by atoms with van der Waals surface area (Å²) >= 11 is 1.60. The van der Waals surface area contributed by atoms with E-state index in [2.05, 4.69) is 4.98 Å². The number of likely N-dealkylation sites (N-methyl/N-ethyl adjacent to an activating group) is 1. The van der Waals surface area contributed by atoms with Crippen molar-refractivity contribution in [1.29, 1.82) is 0 Å². The second kappa shape index (κ2) is 9.28. The van der Waals surface area contributed by atoms with Crippen molar-refractivity contribution in [3.05, 3.63) is 87.6 Å². The van der Waals surface area contributed by atoms with Crippen LogP contribution in [0.2, 0.25) is 0 Å². The molecule has 1 amide bonds. The number of aryl methyl sites for hydroxylation is 1. The van der Waals surface area contributed by atoms with Crippen molar-refractivity contribution in [2.45, 2.75) is 20.1 Å².